The quantitative estimate of drug-likeness (QED) is 0.123. The van der Waals surface area contributed by atoms with Gasteiger partial charge in [0.2, 0.25) is 0 Å². The Hall–Kier alpha value is 0.647. The van der Waals surface area contributed by atoms with Crippen molar-refractivity contribution in [3.05, 3.63) is 121 Å². The van der Waals surface area contributed by atoms with Crippen molar-refractivity contribution in [3.63, 3.8) is 0 Å². The Labute approximate surface area is 388 Å². The SMILES string of the molecule is CC1CCC(C(C)C)C(O)(C[PH+](c2ccccc2)c2ccccc2)C1.CC1CCC(C(C)C)C(O)(C[PH+](c2ccccc2)c2ccccc2)C1.[Cl][Rh]([Cl])([ClH+])[ClH+].[Cl][Rh][Cl]. The Morgan fingerprint density at radius 3 is 1.00 bits per heavy atom. The summed E-state index contributed by atoms with van der Waals surface area (Å²) >= 11 is -0.226. The van der Waals surface area contributed by atoms with Crippen molar-refractivity contribution >= 4 is 75.8 Å². The Kier molecular flexibility index (Phi) is 24.2. The Morgan fingerprint density at radius 2 is 0.793 bits per heavy atom. The van der Waals surface area contributed by atoms with Crippen molar-refractivity contribution in [1.82, 2.24) is 0 Å². The van der Waals surface area contributed by atoms with Gasteiger partial charge in [0, 0.05) is 0 Å². The van der Waals surface area contributed by atoms with E-state index in [1.807, 2.05) is 0 Å². The predicted molar refractivity (Wildman–Crippen MR) is 249 cm³/mol. The van der Waals surface area contributed by atoms with Crippen molar-refractivity contribution in [2.45, 2.75) is 91.3 Å². The summed E-state index contributed by atoms with van der Waals surface area (Å²) in [6.07, 6.45) is 8.56. The number of benzene rings is 4. The first kappa shape index (κ1) is 53.0. The molecule has 4 aromatic rings. The maximum atomic E-state index is 11.8. The number of hydrogen-bond acceptors (Lipinski definition) is 2. The normalized spacial score (nSPS) is 24.9. The molecular formula is C46H66Cl6O2P2Rh2+4. The fourth-order valence-electron chi connectivity index (χ4n) is 9.40. The molecule has 6 rings (SSSR count). The van der Waals surface area contributed by atoms with Gasteiger partial charge in [-0.25, -0.2) is 0 Å². The molecule has 4 aromatic carbocycles. The average Bonchev–Trinajstić information content (AvgIpc) is 3.17. The van der Waals surface area contributed by atoms with E-state index in [1.165, 1.54) is 34.1 Å². The van der Waals surface area contributed by atoms with Crippen LogP contribution in [-0.4, -0.2) is 33.7 Å². The fraction of sp³-hybridized carbons (Fsp3) is 0.478. The van der Waals surface area contributed by atoms with Crippen LogP contribution in [0.2, 0.25) is 0 Å². The molecule has 0 bridgehead atoms. The predicted octanol–water partition coefficient (Wildman–Crippen LogP) is 11.6. The van der Waals surface area contributed by atoms with Crippen LogP contribution in [0.1, 0.15) is 80.1 Å². The van der Waals surface area contributed by atoms with Crippen molar-refractivity contribution in [3.8, 4) is 0 Å². The first-order valence-electron chi connectivity index (χ1n) is 20.1. The van der Waals surface area contributed by atoms with Crippen LogP contribution < -0.4 is 21.2 Å². The second-order valence-corrected chi connectivity index (χ2v) is 40.4. The Balaban J connectivity index is 0.000000262. The van der Waals surface area contributed by atoms with E-state index < -0.39 is 37.9 Å². The molecule has 0 amide bonds. The summed E-state index contributed by atoms with van der Waals surface area (Å²) in [5.41, 5.74) is -1.07. The van der Waals surface area contributed by atoms with Crippen LogP contribution >= 0.6 is 54.6 Å². The molecule has 0 aromatic heterocycles. The van der Waals surface area contributed by atoms with Crippen molar-refractivity contribution in [2.24, 2.45) is 35.5 Å². The third kappa shape index (κ3) is 18.0. The zero-order valence-electron chi connectivity index (χ0n) is 34.6. The van der Waals surface area contributed by atoms with E-state index in [-0.39, 0.29) is 15.1 Å². The molecule has 6 unspecified atom stereocenters. The zero-order chi connectivity index (χ0) is 42.9. The van der Waals surface area contributed by atoms with Crippen molar-refractivity contribution < 1.29 is 55.6 Å². The summed E-state index contributed by atoms with van der Waals surface area (Å²) in [7, 11) is 23.8. The van der Waals surface area contributed by atoms with Gasteiger partial charge in [0.25, 0.3) is 0 Å². The molecule has 2 fully saturated rings. The fourth-order valence-corrected chi connectivity index (χ4v) is 15.3. The summed E-state index contributed by atoms with van der Waals surface area (Å²) in [5.74, 6) is 3.14. The molecule has 0 radical (unpaired) electrons. The molecule has 0 saturated heterocycles. The molecular weight excluding hydrogens is 1060 g/mol. The van der Waals surface area contributed by atoms with Gasteiger partial charge >= 0.3 is 84.1 Å². The van der Waals surface area contributed by atoms with Gasteiger partial charge in [0.15, 0.2) is 0 Å². The molecule has 0 heterocycles. The summed E-state index contributed by atoms with van der Waals surface area (Å²) in [6.45, 7) is 13.7. The van der Waals surface area contributed by atoms with Crippen LogP contribution in [0.3, 0.4) is 0 Å². The maximum absolute atomic E-state index is 11.8. The standard InChI is InChI=1S/2C23H31OP.6ClH.2Rh/c2*1-18(2)22-15-14-19(3)16-23(22,24)17-25(20-10-6-4-7-11-20)21-12-8-5-9-13-21;;;;;;;;/h2*4-13,18-19,22,24H,14-17H2,1-3H3;6*1H;;/q;;;;;;;;+2;+4/p-2. The van der Waals surface area contributed by atoms with Crippen molar-refractivity contribution in [1.29, 1.82) is 0 Å². The van der Waals surface area contributed by atoms with E-state index in [0.717, 1.165) is 38.0 Å². The Morgan fingerprint density at radius 1 is 0.569 bits per heavy atom. The second-order valence-electron chi connectivity index (χ2n) is 16.8. The van der Waals surface area contributed by atoms with E-state index in [1.54, 1.807) is 0 Å². The van der Waals surface area contributed by atoms with E-state index in [9.17, 15) is 10.2 Å². The molecule has 2 nitrogen and oxygen atoms in total. The van der Waals surface area contributed by atoms with Crippen LogP contribution in [0.5, 0.6) is 0 Å². The minimum absolute atomic E-state index is 0.226. The molecule has 0 spiro atoms. The van der Waals surface area contributed by atoms with E-state index in [0.29, 0.717) is 35.5 Å². The van der Waals surface area contributed by atoms with Crippen molar-refractivity contribution in [2.75, 3.05) is 12.3 Å². The number of rotatable bonds is 10. The molecule has 12 heteroatoms. The van der Waals surface area contributed by atoms with Crippen LogP contribution in [0.15, 0.2) is 121 Å². The van der Waals surface area contributed by atoms with Gasteiger partial charge in [0.05, 0.1) is 49.4 Å². The third-order valence-corrected chi connectivity index (χ3v) is 17.8. The summed E-state index contributed by atoms with van der Waals surface area (Å²) in [5, 5.41) is 29.2. The number of hydrogen-bond donors (Lipinski definition) is 2. The number of aliphatic hydroxyl groups is 2. The molecule has 2 aliphatic carbocycles. The topological polar surface area (TPSA) is 40.5 Å². The van der Waals surface area contributed by atoms with Crippen LogP contribution in [0.25, 0.3) is 0 Å². The van der Waals surface area contributed by atoms with Gasteiger partial charge < -0.3 is 10.2 Å². The molecule has 2 saturated carbocycles. The molecule has 0 aliphatic heterocycles. The molecule has 2 N–H and O–H groups in total. The van der Waals surface area contributed by atoms with Gasteiger partial charge in [-0.15, -0.1) is 0 Å². The third-order valence-electron chi connectivity index (χ3n) is 11.8. The van der Waals surface area contributed by atoms with Crippen LogP contribution in [-0.2, 0) is 26.0 Å². The summed E-state index contributed by atoms with van der Waals surface area (Å²) in [6, 6.07) is 43.4. The number of halogens is 6. The molecule has 6 atom stereocenters. The van der Waals surface area contributed by atoms with Gasteiger partial charge in [-0.05, 0) is 110 Å². The molecule has 2 aliphatic rings. The van der Waals surface area contributed by atoms with E-state index in [2.05, 4.69) is 182 Å². The minimum atomic E-state index is -2.67. The van der Waals surface area contributed by atoms with Gasteiger partial charge in [-0.1, -0.05) is 127 Å². The van der Waals surface area contributed by atoms with E-state index >= 15 is 0 Å². The molecule has 58 heavy (non-hydrogen) atoms. The zero-order valence-corrected chi connectivity index (χ0v) is 44.5. The van der Waals surface area contributed by atoms with E-state index in [4.69, 9.17) is 38.8 Å². The van der Waals surface area contributed by atoms with Gasteiger partial charge in [0.1, 0.15) is 11.2 Å². The monoisotopic (exact) mass is 1130 g/mol. The first-order valence-corrected chi connectivity index (χ1v) is 36.6. The van der Waals surface area contributed by atoms with Crippen LogP contribution in [0, 0.1) is 54.9 Å². The summed E-state index contributed by atoms with van der Waals surface area (Å²) < 4.78 is 0. The average molecular weight is 1130 g/mol. The van der Waals surface area contributed by atoms with Gasteiger partial charge in [-0.2, -0.15) is 0 Å². The second kappa shape index (κ2) is 26.4. The molecule has 328 valence electrons. The van der Waals surface area contributed by atoms with Crippen LogP contribution in [0.4, 0.5) is 0 Å². The Bertz CT molecular complexity index is 1490. The van der Waals surface area contributed by atoms with Gasteiger partial charge in [-0.3, -0.25) is 0 Å². The first-order chi connectivity index (χ1) is 27.4. The summed E-state index contributed by atoms with van der Waals surface area (Å²) in [4.78, 5) is 0.